The predicted octanol–water partition coefficient (Wildman–Crippen LogP) is -3.21. The standard InChI is InChI=1S/C22H48N6O4/c29-19-15-25-7-3-23(4-8-26(12-11-25)16-20-30)1-2-24-5-9-27(17-21-31)13-14-28(10-6-24)18-22-32/h29-32H,1-22H2. The van der Waals surface area contributed by atoms with Gasteiger partial charge in [0.2, 0.25) is 0 Å². The third-order valence-electron chi connectivity index (χ3n) is 6.79. The minimum absolute atomic E-state index is 0.183. The molecule has 10 heteroatoms. The largest absolute Gasteiger partial charge is 0.395 e. The van der Waals surface area contributed by atoms with Gasteiger partial charge in [-0.05, 0) is 0 Å². The molecule has 2 rings (SSSR count). The second-order valence-electron chi connectivity index (χ2n) is 8.94. The molecule has 0 atom stereocenters. The normalized spacial score (nSPS) is 23.2. The van der Waals surface area contributed by atoms with E-state index in [0.717, 1.165) is 91.6 Å². The maximum Gasteiger partial charge on any atom is 0.0558 e. The van der Waals surface area contributed by atoms with E-state index in [1.807, 2.05) is 0 Å². The molecule has 2 aliphatic rings. The third kappa shape index (κ3) is 11.1. The van der Waals surface area contributed by atoms with Crippen LogP contribution in [-0.4, -0.2) is 194 Å². The monoisotopic (exact) mass is 460 g/mol. The van der Waals surface area contributed by atoms with Gasteiger partial charge in [0.05, 0.1) is 26.4 Å². The molecule has 0 amide bonds. The Morgan fingerprint density at radius 2 is 0.438 bits per heavy atom. The molecule has 32 heavy (non-hydrogen) atoms. The van der Waals surface area contributed by atoms with Gasteiger partial charge in [0.1, 0.15) is 0 Å². The van der Waals surface area contributed by atoms with Crippen LogP contribution < -0.4 is 0 Å². The van der Waals surface area contributed by atoms with Gasteiger partial charge in [0.15, 0.2) is 0 Å². The number of hydrogen-bond acceptors (Lipinski definition) is 10. The molecular formula is C22H48N6O4. The Balaban J connectivity index is 1.91. The van der Waals surface area contributed by atoms with E-state index in [0.29, 0.717) is 26.2 Å². The third-order valence-corrected chi connectivity index (χ3v) is 6.79. The summed E-state index contributed by atoms with van der Waals surface area (Å²) in [7, 11) is 0. The first-order chi connectivity index (χ1) is 15.7. The summed E-state index contributed by atoms with van der Waals surface area (Å²) in [6.45, 7) is 17.1. The van der Waals surface area contributed by atoms with E-state index >= 15 is 0 Å². The van der Waals surface area contributed by atoms with Crippen LogP contribution in [0.1, 0.15) is 0 Å². The van der Waals surface area contributed by atoms with Crippen molar-refractivity contribution in [2.45, 2.75) is 0 Å². The smallest absolute Gasteiger partial charge is 0.0558 e. The van der Waals surface area contributed by atoms with Gasteiger partial charge in [-0.2, -0.15) is 0 Å². The van der Waals surface area contributed by atoms with Crippen LogP contribution in [0.3, 0.4) is 0 Å². The number of rotatable bonds is 11. The fourth-order valence-electron chi connectivity index (χ4n) is 4.56. The van der Waals surface area contributed by atoms with E-state index in [4.69, 9.17) is 0 Å². The Labute approximate surface area is 194 Å². The fourth-order valence-corrected chi connectivity index (χ4v) is 4.56. The van der Waals surface area contributed by atoms with Gasteiger partial charge in [-0.3, -0.25) is 29.4 Å². The molecule has 0 aromatic heterocycles. The summed E-state index contributed by atoms with van der Waals surface area (Å²) in [6, 6.07) is 0. The summed E-state index contributed by atoms with van der Waals surface area (Å²) in [5.74, 6) is 0. The number of nitrogens with zero attached hydrogens (tertiary/aromatic N) is 6. The minimum Gasteiger partial charge on any atom is -0.395 e. The van der Waals surface area contributed by atoms with Gasteiger partial charge in [0, 0.05) is 118 Å². The van der Waals surface area contributed by atoms with E-state index in [1.165, 1.54) is 0 Å². The number of β-amino-alcohol motifs (C(OH)–C–C–N with tert-alkyl or cyclic N) is 4. The van der Waals surface area contributed by atoms with E-state index in [1.54, 1.807) is 0 Å². The topological polar surface area (TPSA) is 100 Å². The van der Waals surface area contributed by atoms with Crippen molar-refractivity contribution in [3.63, 3.8) is 0 Å². The SMILES string of the molecule is OCCN1CCN(CCO)CCN(CCN2CCN(CCO)CCN(CCO)CC2)CC1. The van der Waals surface area contributed by atoms with Crippen molar-refractivity contribution in [3.05, 3.63) is 0 Å². The molecule has 2 fully saturated rings. The zero-order chi connectivity index (χ0) is 23.0. The van der Waals surface area contributed by atoms with Crippen LogP contribution in [0.4, 0.5) is 0 Å². The Hall–Kier alpha value is -0.400. The molecule has 0 aliphatic carbocycles. The summed E-state index contributed by atoms with van der Waals surface area (Å²) in [6.07, 6.45) is 0. The second-order valence-corrected chi connectivity index (χ2v) is 8.94. The molecule has 0 saturated carbocycles. The number of hydrogen-bond donors (Lipinski definition) is 4. The molecule has 0 unspecified atom stereocenters. The molecule has 0 aromatic carbocycles. The summed E-state index contributed by atoms with van der Waals surface area (Å²) in [4.78, 5) is 14.3. The lowest BCUT2D eigenvalue weighted by atomic mass is 10.3. The highest BCUT2D eigenvalue weighted by Gasteiger charge is 2.19. The molecular weight excluding hydrogens is 412 g/mol. The average Bonchev–Trinajstić information content (AvgIpc) is 2.94. The van der Waals surface area contributed by atoms with Crippen molar-refractivity contribution in [1.29, 1.82) is 0 Å². The Kier molecular flexibility index (Phi) is 14.9. The molecule has 2 heterocycles. The highest BCUT2D eigenvalue weighted by Crippen LogP contribution is 2.04. The van der Waals surface area contributed by atoms with E-state index in [2.05, 4.69) is 29.4 Å². The highest BCUT2D eigenvalue weighted by atomic mass is 16.3. The van der Waals surface area contributed by atoms with Gasteiger partial charge in [-0.25, -0.2) is 0 Å². The Morgan fingerprint density at radius 3 is 0.594 bits per heavy atom. The highest BCUT2D eigenvalue weighted by molar-refractivity contribution is 4.75. The van der Waals surface area contributed by atoms with Gasteiger partial charge in [-0.1, -0.05) is 0 Å². The quantitative estimate of drug-likeness (QED) is 0.252. The molecule has 2 aliphatic heterocycles. The van der Waals surface area contributed by atoms with Gasteiger partial charge in [0.25, 0.3) is 0 Å². The van der Waals surface area contributed by atoms with Crippen molar-refractivity contribution in [1.82, 2.24) is 29.4 Å². The maximum absolute atomic E-state index is 9.40. The molecule has 0 bridgehead atoms. The van der Waals surface area contributed by atoms with Crippen LogP contribution in [-0.2, 0) is 0 Å². The number of aliphatic hydroxyl groups excluding tert-OH is 4. The van der Waals surface area contributed by atoms with Crippen molar-refractivity contribution >= 4 is 0 Å². The lowest BCUT2D eigenvalue weighted by molar-refractivity contribution is 0.152. The van der Waals surface area contributed by atoms with E-state index < -0.39 is 0 Å². The van der Waals surface area contributed by atoms with Crippen molar-refractivity contribution in [2.24, 2.45) is 0 Å². The van der Waals surface area contributed by atoms with Crippen LogP contribution in [0, 0.1) is 0 Å². The lowest BCUT2D eigenvalue weighted by Crippen LogP contribution is -2.44. The van der Waals surface area contributed by atoms with Crippen molar-refractivity contribution in [3.8, 4) is 0 Å². The zero-order valence-corrected chi connectivity index (χ0v) is 20.0. The first-order valence-electron chi connectivity index (χ1n) is 12.5. The first-order valence-corrected chi connectivity index (χ1v) is 12.5. The second kappa shape index (κ2) is 17.1. The number of aliphatic hydroxyl groups is 4. The summed E-state index contributed by atoms with van der Waals surface area (Å²) >= 11 is 0. The molecule has 0 radical (unpaired) electrons. The van der Waals surface area contributed by atoms with Crippen LogP contribution >= 0.6 is 0 Å². The Bertz CT molecular complexity index is 388. The van der Waals surface area contributed by atoms with Gasteiger partial charge < -0.3 is 20.4 Å². The van der Waals surface area contributed by atoms with Crippen LogP contribution in [0.25, 0.3) is 0 Å². The molecule has 0 spiro atoms. The van der Waals surface area contributed by atoms with E-state index in [9.17, 15) is 20.4 Å². The lowest BCUT2D eigenvalue weighted by Gasteiger charge is -2.30. The van der Waals surface area contributed by atoms with Crippen LogP contribution in [0.15, 0.2) is 0 Å². The van der Waals surface area contributed by atoms with Crippen LogP contribution in [0.5, 0.6) is 0 Å². The zero-order valence-electron chi connectivity index (χ0n) is 20.0. The summed E-state index contributed by atoms with van der Waals surface area (Å²) < 4.78 is 0. The average molecular weight is 461 g/mol. The molecule has 10 nitrogen and oxygen atoms in total. The molecule has 4 N–H and O–H groups in total. The van der Waals surface area contributed by atoms with E-state index in [-0.39, 0.29) is 26.4 Å². The first kappa shape index (κ1) is 27.8. The minimum atomic E-state index is 0.183. The summed E-state index contributed by atoms with van der Waals surface area (Å²) in [5.41, 5.74) is 0. The molecule has 2 saturated heterocycles. The maximum atomic E-state index is 9.40. The van der Waals surface area contributed by atoms with Crippen LogP contribution in [0.2, 0.25) is 0 Å². The van der Waals surface area contributed by atoms with Gasteiger partial charge >= 0.3 is 0 Å². The van der Waals surface area contributed by atoms with Gasteiger partial charge in [-0.15, -0.1) is 0 Å². The Morgan fingerprint density at radius 1 is 0.281 bits per heavy atom. The van der Waals surface area contributed by atoms with Crippen molar-refractivity contribution < 1.29 is 20.4 Å². The molecule has 0 aromatic rings. The molecule has 190 valence electrons. The van der Waals surface area contributed by atoms with Crippen molar-refractivity contribution in [2.75, 3.05) is 144 Å². The predicted molar refractivity (Wildman–Crippen MR) is 127 cm³/mol. The summed E-state index contributed by atoms with van der Waals surface area (Å²) in [5, 5.41) is 37.6. The fraction of sp³-hybridized carbons (Fsp3) is 1.00.